The van der Waals surface area contributed by atoms with Gasteiger partial charge in [0.25, 0.3) is 0 Å². The maximum Gasteiger partial charge on any atom is 0.229 e. The van der Waals surface area contributed by atoms with Crippen LogP contribution in [0.1, 0.15) is 18.9 Å². The zero-order valence-corrected chi connectivity index (χ0v) is 9.26. The first-order valence-electron chi connectivity index (χ1n) is 4.58. The molecule has 4 heteroatoms. The molecule has 78 valence electrons. The Morgan fingerprint density at radius 3 is 2.64 bits per heavy atom. The van der Waals surface area contributed by atoms with Crippen molar-refractivity contribution in [3.8, 4) is 0 Å². The summed E-state index contributed by atoms with van der Waals surface area (Å²) in [5.74, 6) is 0. The van der Waals surface area contributed by atoms with E-state index in [-0.39, 0.29) is 0 Å². The van der Waals surface area contributed by atoms with Gasteiger partial charge in [0.05, 0.1) is 6.26 Å². The molecule has 0 aliphatic heterocycles. The molecule has 0 radical (unpaired) electrons. The summed E-state index contributed by atoms with van der Waals surface area (Å²) in [6.45, 7) is 2.09. The lowest BCUT2D eigenvalue weighted by Gasteiger charge is -2.05. The summed E-state index contributed by atoms with van der Waals surface area (Å²) in [7, 11) is -3.16. The van der Waals surface area contributed by atoms with Gasteiger partial charge in [-0.3, -0.25) is 4.72 Å². The highest BCUT2D eigenvalue weighted by atomic mass is 32.2. The van der Waals surface area contributed by atoms with Crippen molar-refractivity contribution < 1.29 is 8.42 Å². The van der Waals surface area contributed by atoms with Gasteiger partial charge >= 0.3 is 0 Å². The van der Waals surface area contributed by atoms with E-state index >= 15 is 0 Å². The average molecular weight is 213 g/mol. The Bertz CT molecular complexity index is 398. The third-order valence-corrected chi connectivity index (χ3v) is 2.38. The highest BCUT2D eigenvalue weighted by Crippen LogP contribution is 2.12. The van der Waals surface area contributed by atoms with Crippen LogP contribution in [0.25, 0.3) is 0 Å². The molecule has 1 aromatic carbocycles. The lowest BCUT2D eigenvalue weighted by Crippen LogP contribution is -2.09. The number of hydrogen-bond donors (Lipinski definition) is 1. The molecule has 0 amide bonds. The van der Waals surface area contributed by atoms with Gasteiger partial charge in [-0.15, -0.1) is 0 Å². The highest BCUT2D eigenvalue weighted by molar-refractivity contribution is 7.92. The molecule has 1 N–H and O–H groups in total. The minimum atomic E-state index is -3.16. The summed E-state index contributed by atoms with van der Waals surface area (Å²) in [5, 5.41) is 0. The van der Waals surface area contributed by atoms with Gasteiger partial charge in [0, 0.05) is 5.69 Å². The first-order chi connectivity index (χ1) is 6.51. The lowest BCUT2D eigenvalue weighted by atomic mass is 10.1. The average Bonchev–Trinajstić information content (AvgIpc) is 2.02. The van der Waals surface area contributed by atoms with E-state index in [1.54, 1.807) is 6.07 Å². The Balaban J connectivity index is 2.83. The zero-order valence-electron chi connectivity index (χ0n) is 8.45. The van der Waals surface area contributed by atoms with Crippen LogP contribution in [0.4, 0.5) is 5.69 Å². The fourth-order valence-electron chi connectivity index (χ4n) is 1.29. The quantitative estimate of drug-likeness (QED) is 0.831. The molecule has 0 bridgehead atoms. The van der Waals surface area contributed by atoms with Crippen LogP contribution >= 0.6 is 0 Å². The van der Waals surface area contributed by atoms with Crippen LogP contribution < -0.4 is 4.72 Å². The van der Waals surface area contributed by atoms with Gasteiger partial charge in [0.2, 0.25) is 10.0 Å². The van der Waals surface area contributed by atoms with E-state index < -0.39 is 10.0 Å². The Morgan fingerprint density at radius 1 is 1.36 bits per heavy atom. The number of sulfonamides is 1. The van der Waals surface area contributed by atoms with Gasteiger partial charge in [0.1, 0.15) is 0 Å². The second-order valence-corrected chi connectivity index (χ2v) is 5.07. The van der Waals surface area contributed by atoms with Gasteiger partial charge in [-0.25, -0.2) is 8.42 Å². The number of rotatable bonds is 4. The number of aryl methyl sites for hydroxylation is 1. The summed E-state index contributed by atoms with van der Waals surface area (Å²) in [6.07, 6.45) is 3.18. The fourth-order valence-corrected chi connectivity index (χ4v) is 1.85. The largest absolute Gasteiger partial charge is 0.284 e. The molecule has 0 fully saturated rings. The van der Waals surface area contributed by atoms with E-state index in [0.29, 0.717) is 5.69 Å². The summed E-state index contributed by atoms with van der Waals surface area (Å²) in [4.78, 5) is 0. The third-order valence-electron chi connectivity index (χ3n) is 1.77. The molecule has 0 aliphatic rings. The molecule has 0 saturated carbocycles. The first-order valence-corrected chi connectivity index (χ1v) is 6.47. The van der Waals surface area contributed by atoms with Crippen molar-refractivity contribution in [2.24, 2.45) is 0 Å². The van der Waals surface area contributed by atoms with Gasteiger partial charge in [-0.2, -0.15) is 0 Å². The standard InChI is InChI=1S/C10H15NO2S/c1-3-5-9-6-4-7-10(8-9)11-14(2,12)13/h4,6-8,11H,3,5H2,1-2H3. The number of nitrogens with one attached hydrogen (secondary N) is 1. The minimum Gasteiger partial charge on any atom is -0.284 e. The van der Waals surface area contributed by atoms with E-state index in [0.717, 1.165) is 24.7 Å². The van der Waals surface area contributed by atoms with Crippen molar-refractivity contribution in [3.63, 3.8) is 0 Å². The van der Waals surface area contributed by atoms with E-state index in [4.69, 9.17) is 0 Å². The molecule has 0 aliphatic carbocycles. The molecular formula is C10H15NO2S. The minimum absolute atomic E-state index is 0.637. The van der Waals surface area contributed by atoms with Crippen LogP contribution in [-0.2, 0) is 16.4 Å². The molecule has 0 unspecified atom stereocenters. The van der Waals surface area contributed by atoms with E-state index in [9.17, 15) is 8.42 Å². The second-order valence-electron chi connectivity index (χ2n) is 3.32. The summed E-state index contributed by atoms with van der Waals surface area (Å²) < 4.78 is 24.4. The molecule has 0 heterocycles. The van der Waals surface area contributed by atoms with Crippen molar-refractivity contribution >= 4 is 15.7 Å². The van der Waals surface area contributed by atoms with Crippen LogP contribution in [0.2, 0.25) is 0 Å². The van der Waals surface area contributed by atoms with Crippen molar-refractivity contribution in [1.82, 2.24) is 0 Å². The van der Waals surface area contributed by atoms with Crippen molar-refractivity contribution in [2.45, 2.75) is 19.8 Å². The maximum absolute atomic E-state index is 11.0. The fraction of sp³-hybridized carbons (Fsp3) is 0.400. The Hall–Kier alpha value is -1.03. The van der Waals surface area contributed by atoms with Gasteiger partial charge in [-0.1, -0.05) is 25.5 Å². The molecule has 0 atom stereocenters. The number of benzene rings is 1. The molecule has 3 nitrogen and oxygen atoms in total. The molecule has 1 rings (SSSR count). The topological polar surface area (TPSA) is 46.2 Å². The molecule has 14 heavy (non-hydrogen) atoms. The third kappa shape index (κ3) is 3.79. The Labute approximate surface area is 85.2 Å². The first kappa shape index (κ1) is 11.0. The van der Waals surface area contributed by atoms with Crippen LogP contribution in [0.15, 0.2) is 24.3 Å². The molecule has 1 aromatic rings. The normalized spacial score (nSPS) is 11.3. The SMILES string of the molecule is CCCc1cccc(NS(C)(=O)=O)c1. The van der Waals surface area contributed by atoms with E-state index in [2.05, 4.69) is 11.6 Å². The predicted octanol–water partition coefficient (Wildman–Crippen LogP) is 2.01. The Morgan fingerprint density at radius 2 is 2.07 bits per heavy atom. The summed E-state index contributed by atoms with van der Waals surface area (Å²) in [5.41, 5.74) is 1.79. The summed E-state index contributed by atoms with van der Waals surface area (Å²) >= 11 is 0. The number of anilines is 1. The molecule has 0 aromatic heterocycles. The maximum atomic E-state index is 11.0. The smallest absolute Gasteiger partial charge is 0.229 e. The van der Waals surface area contributed by atoms with Gasteiger partial charge in [0.15, 0.2) is 0 Å². The van der Waals surface area contributed by atoms with Gasteiger partial charge in [-0.05, 0) is 24.1 Å². The molecular weight excluding hydrogens is 198 g/mol. The van der Waals surface area contributed by atoms with E-state index in [1.807, 2.05) is 18.2 Å². The Kier molecular flexibility index (Phi) is 3.52. The lowest BCUT2D eigenvalue weighted by molar-refractivity contribution is 0.607. The second kappa shape index (κ2) is 4.46. The van der Waals surface area contributed by atoms with Crippen molar-refractivity contribution in [1.29, 1.82) is 0 Å². The van der Waals surface area contributed by atoms with Crippen molar-refractivity contribution in [3.05, 3.63) is 29.8 Å². The van der Waals surface area contributed by atoms with E-state index in [1.165, 1.54) is 0 Å². The van der Waals surface area contributed by atoms with Crippen LogP contribution in [0, 0.1) is 0 Å². The summed E-state index contributed by atoms with van der Waals surface area (Å²) in [6, 6.07) is 7.47. The zero-order chi connectivity index (χ0) is 10.6. The van der Waals surface area contributed by atoms with Crippen LogP contribution in [-0.4, -0.2) is 14.7 Å². The van der Waals surface area contributed by atoms with Crippen LogP contribution in [0.5, 0.6) is 0 Å². The molecule has 0 saturated heterocycles. The van der Waals surface area contributed by atoms with Crippen molar-refractivity contribution in [2.75, 3.05) is 11.0 Å². The van der Waals surface area contributed by atoms with Crippen LogP contribution in [0.3, 0.4) is 0 Å². The monoisotopic (exact) mass is 213 g/mol. The predicted molar refractivity (Wildman–Crippen MR) is 58.9 cm³/mol. The number of hydrogen-bond acceptors (Lipinski definition) is 2. The molecule has 0 spiro atoms. The highest BCUT2D eigenvalue weighted by Gasteiger charge is 2.01. The van der Waals surface area contributed by atoms with Gasteiger partial charge < -0.3 is 0 Å².